The number of rotatable bonds is 7. The molecule has 4 rings (SSSR count). The van der Waals surface area contributed by atoms with E-state index in [2.05, 4.69) is 105 Å². The second-order valence-electron chi connectivity index (χ2n) is 8.62. The van der Waals surface area contributed by atoms with Crippen molar-refractivity contribution in [3.05, 3.63) is 81.8 Å². The van der Waals surface area contributed by atoms with Gasteiger partial charge in [-0.25, -0.2) is 0 Å². The number of nitrogens with zero attached hydrogens (tertiary/aromatic N) is 4. The monoisotopic (exact) mass is 511 g/mol. The van der Waals surface area contributed by atoms with Crippen LogP contribution in [0.4, 0.5) is 0 Å². The molecule has 1 saturated heterocycles. The lowest BCUT2D eigenvalue weighted by atomic mass is 9.96. The Hall–Kier alpha value is -2.22. The lowest BCUT2D eigenvalue weighted by Crippen LogP contribution is -2.32. The summed E-state index contributed by atoms with van der Waals surface area (Å²) in [4.78, 5) is 9.24. The highest BCUT2D eigenvalue weighted by molar-refractivity contribution is 9.10. The van der Waals surface area contributed by atoms with Crippen LogP contribution in [-0.2, 0) is 0 Å². The molecule has 3 aromatic rings. The van der Waals surface area contributed by atoms with Crippen LogP contribution in [0, 0.1) is 13.8 Å². The Morgan fingerprint density at radius 2 is 1.88 bits per heavy atom. The number of hydrogen-bond acceptors (Lipinski definition) is 3. The Morgan fingerprint density at radius 3 is 2.53 bits per heavy atom. The van der Waals surface area contributed by atoms with E-state index in [4.69, 9.17) is 12.2 Å². The number of pyridine rings is 1. The maximum absolute atomic E-state index is 5.83. The Kier molecular flexibility index (Phi) is 6.98. The number of hydrogen-bond donors (Lipinski definition) is 1. The fraction of sp³-hybridized carbons (Fsp3) is 0.360. The van der Waals surface area contributed by atoms with Gasteiger partial charge >= 0.3 is 0 Å². The lowest BCUT2D eigenvalue weighted by Gasteiger charge is -2.28. The van der Waals surface area contributed by atoms with Crippen LogP contribution in [-0.4, -0.2) is 51.6 Å². The number of aromatic nitrogens is 2. The maximum atomic E-state index is 5.83. The van der Waals surface area contributed by atoms with Crippen molar-refractivity contribution in [1.82, 2.24) is 24.7 Å². The summed E-state index contributed by atoms with van der Waals surface area (Å²) in [6, 6.07) is 17.0. The van der Waals surface area contributed by atoms with Gasteiger partial charge in [-0.3, -0.25) is 4.98 Å². The zero-order valence-corrected chi connectivity index (χ0v) is 21.4. The third kappa shape index (κ3) is 4.60. The highest BCUT2D eigenvalue weighted by Gasteiger charge is 2.41. The molecule has 0 aliphatic carbocycles. The van der Waals surface area contributed by atoms with Gasteiger partial charge in [0.2, 0.25) is 0 Å². The summed E-state index contributed by atoms with van der Waals surface area (Å²) in [5, 5.41) is 4.38. The minimum absolute atomic E-state index is 0.0157. The van der Waals surface area contributed by atoms with E-state index in [9.17, 15) is 0 Å². The largest absolute Gasteiger partial charge is 0.352 e. The number of halogens is 1. The van der Waals surface area contributed by atoms with E-state index < -0.39 is 0 Å². The van der Waals surface area contributed by atoms with Gasteiger partial charge in [0.1, 0.15) is 0 Å². The second-order valence-corrected chi connectivity index (χ2v) is 9.92. The summed E-state index contributed by atoms with van der Waals surface area (Å²) in [6.07, 6.45) is 2.91. The van der Waals surface area contributed by atoms with Gasteiger partial charge in [-0.15, -0.1) is 0 Å². The molecule has 1 aliphatic rings. The molecule has 32 heavy (non-hydrogen) atoms. The molecule has 1 N–H and O–H groups in total. The van der Waals surface area contributed by atoms with Crippen molar-refractivity contribution in [2.75, 3.05) is 27.2 Å². The van der Waals surface area contributed by atoms with Crippen LogP contribution in [0.2, 0.25) is 0 Å². The smallest absolute Gasteiger partial charge is 0.170 e. The molecule has 1 aromatic carbocycles. The summed E-state index contributed by atoms with van der Waals surface area (Å²) >= 11 is 9.37. The normalized spacial score (nSPS) is 18.4. The zero-order chi connectivity index (χ0) is 22.8. The van der Waals surface area contributed by atoms with Gasteiger partial charge in [-0.05, 0) is 101 Å². The van der Waals surface area contributed by atoms with Crippen LogP contribution in [0.3, 0.4) is 0 Å². The van der Waals surface area contributed by atoms with Crippen molar-refractivity contribution in [2.24, 2.45) is 0 Å². The third-order valence-corrected chi connectivity index (χ3v) is 6.96. The van der Waals surface area contributed by atoms with Gasteiger partial charge < -0.3 is 19.7 Å². The molecule has 1 aliphatic heterocycles. The molecule has 2 aromatic heterocycles. The number of aryl methyl sites for hydroxylation is 1. The number of thiocarbonyl (C=S) groups is 1. The van der Waals surface area contributed by atoms with Crippen molar-refractivity contribution in [3.63, 3.8) is 0 Å². The average Bonchev–Trinajstić information content (AvgIpc) is 3.25. The standard InChI is InChI=1S/C25H30BrN5S/c1-17-16-21(18(2)31(17)20-11-9-19(26)10-12-20)24-23(22-8-5-6-13-27-22)28-25(32)30(24)15-7-14-29(3)4/h5-6,8-13,16,23-24H,7,14-15H2,1-4H3,(H,28,32)/t23-,24-/m0/s1. The van der Waals surface area contributed by atoms with E-state index in [-0.39, 0.29) is 12.1 Å². The molecule has 2 atom stereocenters. The SMILES string of the molecule is Cc1cc([C@H]2[C@H](c3ccccn3)NC(=S)N2CCCN(C)C)c(C)n1-c1ccc(Br)cc1. The van der Waals surface area contributed by atoms with Crippen LogP contribution in [0.15, 0.2) is 59.2 Å². The molecule has 0 bridgehead atoms. The molecule has 7 heteroatoms. The van der Waals surface area contributed by atoms with E-state index in [0.717, 1.165) is 40.5 Å². The molecule has 0 radical (unpaired) electrons. The first-order chi connectivity index (χ1) is 15.4. The summed E-state index contributed by atoms with van der Waals surface area (Å²) in [7, 11) is 4.22. The third-order valence-electron chi connectivity index (χ3n) is 6.08. The van der Waals surface area contributed by atoms with Gasteiger partial charge in [-0.2, -0.15) is 0 Å². The van der Waals surface area contributed by atoms with Crippen LogP contribution >= 0.6 is 28.1 Å². The summed E-state index contributed by atoms with van der Waals surface area (Å²) in [5.41, 5.74) is 5.92. The zero-order valence-electron chi connectivity index (χ0n) is 19.0. The van der Waals surface area contributed by atoms with E-state index in [1.165, 1.54) is 17.0 Å². The van der Waals surface area contributed by atoms with Crippen LogP contribution in [0.5, 0.6) is 0 Å². The van der Waals surface area contributed by atoms with E-state index in [1.54, 1.807) is 0 Å². The van der Waals surface area contributed by atoms with E-state index in [1.807, 2.05) is 18.3 Å². The molecule has 0 amide bonds. The quantitative estimate of drug-likeness (QED) is 0.442. The molecule has 168 valence electrons. The molecule has 0 spiro atoms. The maximum Gasteiger partial charge on any atom is 0.170 e. The van der Waals surface area contributed by atoms with Crippen molar-refractivity contribution in [2.45, 2.75) is 32.4 Å². The lowest BCUT2D eigenvalue weighted by molar-refractivity contribution is 0.292. The fourth-order valence-corrected chi connectivity index (χ4v) is 5.21. The van der Waals surface area contributed by atoms with Crippen molar-refractivity contribution in [1.29, 1.82) is 0 Å². The molecule has 0 saturated carbocycles. The Morgan fingerprint density at radius 1 is 1.12 bits per heavy atom. The highest BCUT2D eigenvalue weighted by Crippen LogP contribution is 2.41. The fourth-order valence-electron chi connectivity index (χ4n) is 4.62. The second kappa shape index (κ2) is 9.73. The highest BCUT2D eigenvalue weighted by atomic mass is 79.9. The minimum Gasteiger partial charge on any atom is -0.352 e. The molecular formula is C25H30BrN5S. The van der Waals surface area contributed by atoms with Gasteiger partial charge in [0.25, 0.3) is 0 Å². The first-order valence-corrected chi connectivity index (χ1v) is 12.1. The first-order valence-electron chi connectivity index (χ1n) is 10.9. The summed E-state index contributed by atoms with van der Waals surface area (Å²) in [5.74, 6) is 0. The van der Waals surface area contributed by atoms with Gasteiger partial charge in [0.15, 0.2) is 5.11 Å². The molecule has 0 unspecified atom stereocenters. The predicted molar refractivity (Wildman–Crippen MR) is 138 cm³/mol. The minimum atomic E-state index is 0.0157. The number of benzene rings is 1. The Bertz CT molecular complexity index is 1080. The molecule has 3 heterocycles. The average molecular weight is 513 g/mol. The molecular weight excluding hydrogens is 482 g/mol. The van der Waals surface area contributed by atoms with Gasteiger partial charge in [0, 0.05) is 34.3 Å². The molecule has 5 nitrogen and oxygen atoms in total. The Labute approximate surface area is 204 Å². The van der Waals surface area contributed by atoms with Crippen LogP contribution in [0.1, 0.15) is 41.1 Å². The van der Waals surface area contributed by atoms with Crippen molar-refractivity contribution < 1.29 is 0 Å². The Balaban J connectivity index is 1.76. The van der Waals surface area contributed by atoms with Gasteiger partial charge in [-0.1, -0.05) is 22.0 Å². The summed E-state index contributed by atoms with van der Waals surface area (Å²) < 4.78 is 3.41. The van der Waals surface area contributed by atoms with Crippen molar-refractivity contribution in [3.8, 4) is 5.69 Å². The van der Waals surface area contributed by atoms with Gasteiger partial charge in [0.05, 0.1) is 17.8 Å². The predicted octanol–water partition coefficient (Wildman–Crippen LogP) is 5.18. The van der Waals surface area contributed by atoms with Crippen molar-refractivity contribution >= 4 is 33.3 Å². The van der Waals surface area contributed by atoms with E-state index in [0.29, 0.717) is 0 Å². The van der Waals surface area contributed by atoms with Crippen LogP contribution in [0.25, 0.3) is 5.69 Å². The number of nitrogens with one attached hydrogen (secondary N) is 1. The topological polar surface area (TPSA) is 36.3 Å². The van der Waals surface area contributed by atoms with E-state index >= 15 is 0 Å². The first kappa shape index (κ1) is 23.0. The molecule has 1 fully saturated rings. The van der Waals surface area contributed by atoms with Crippen LogP contribution < -0.4 is 5.32 Å². The summed E-state index contributed by atoms with van der Waals surface area (Å²) in [6.45, 7) is 6.31.